The van der Waals surface area contributed by atoms with Crippen molar-refractivity contribution in [3.8, 4) is 11.5 Å². The molecule has 0 aliphatic carbocycles. The van der Waals surface area contributed by atoms with Crippen LogP contribution in [0.3, 0.4) is 0 Å². The first-order valence-corrected chi connectivity index (χ1v) is 12.8. The maximum absolute atomic E-state index is 12.9. The van der Waals surface area contributed by atoms with E-state index in [9.17, 15) is 34.2 Å². The quantitative estimate of drug-likeness (QED) is 0.263. The Morgan fingerprint density at radius 2 is 1.42 bits per heavy atom. The molecule has 2 unspecified atom stereocenters. The predicted octanol–water partition coefficient (Wildman–Crippen LogP) is -0.0190. The van der Waals surface area contributed by atoms with Crippen LogP contribution in [-0.2, 0) is 32.0 Å². The van der Waals surface area contributed by atoms with E-state index in [1.54, 1.807) is 12.1 Å². The third kappa shape index (κ3) is 6.39. The molecule has 2 aliphatic heterocycles. The molecule has 4 amide bonds. The van der Waals surface area contributed by atoms with Gasteiger partial charge in [0, 0.05) is 50.1 Å². The van der Waals surface area contributed by atoms with Gasteiger partial charge in [0.05, 0.1) is 11.8 Å². The first-order chi connectivity index (χ1) is 18.2. The van der Waals surface area contributed by atoms with Gasteiger partial charge in [-0.3, -0.25) is 24.0 Å². The van der Waals surface area contributed by atoms with E-state index in [1.807, 2.05) is 0 Å². The summed E-state index contributed by atoms with van der Waals surface area (Å²) < 4.78 is 0. The van der Waals surface area contributed by atoms with Crippen molar-refractivity contribution in [2.24, 2.45) is 11.8 Å². The Bertz CT molecular complexity index is 1310. The van der Waals surface area contributed by atoms with Gasteiger partial charge in [-0.05, 0) is 48.6 Å². The molecule has 0 radical (unpaired) electrons. The molecule has 202 valence electrons. The number of nitrogens with one attached hydrogen (secondary N) is 4. The molecule has 2 fully saturated rings. The van der Waals surface area contributed by atoms with Crippen molar-refractivity contribution in [3.63, 3.8) is 0 Å². The van der Waals surface area contributed by atoms with Crippen molar-refractivity contribution >= 4 is 34.4 Å². The molecular formula is C27H32N4O7. The number of amides is 4. The molecule has 2 saturated heterocycles. The number of carbonyl (C=O) groups excluding carboxylic acids is 4. The number of hydrogen-bond donors (Lipinski definition) is 6. The molecule has 2 atom stereocenters. The van der Waals surface area contributed by atoms with Gasteiger partial charge in [-0.15, -0.1) is 0 Å². The highest BCUT2D eigenvalue weighted by molar-refractivity contribution is 5.90. The van der Waals surface area contributed by atoms with Crippen LogP contribution in [0.2, 0.25) is 0 Å². The predicted molar refractivity (Wildman–Crippen MR) is 138 cm³/mol. The summed E-state index contributed by atoms with van der Waals surface area (Å²) in [6.07, 6.45) is 2.07. The van der Waals surface area contributed by atoms with Gasteiger partial charge in [-0.25, -0.2) is 0 Å². The van der Waals surface area contributed by atoms with Gasteiger partial charge in [-0.1, -0.05) is 12.1 Å². The van der Waals surface area contributed by atoms with E-state index in [0.29, 0.717) is 54.1 Å². The highest BCUT2D eigenvalue weighted by atomic mass is 16.3. The highest BCUT2D eigenvalue weighted by Crippen LogP contribution is 2.35. The fourth-order valence-electron chi connectivity index (χ4n) is 4.86. The van der Waals surface area contributed by atoms with E-state index in [1.165, 1.54) is 12.1 Å². The standard InChI is InChI=1S/C27H32N4O7/c32-21-11-18-12-22(33)25(36)20(8-10-29-27(38)17-3-6-24(35)31-14-17)19(18)4-1-15(21)7-9-28-26(37)16-2-5-23(34)30-13-16/h1,4,11-12,16-17,33,36H,2-3,5-10,13-14H2,(H,28,37)(H,29,38)(H,30,34)(H,31,35). The first kappa shape index (κ1) is 26.9. The molecule has 11 heteroatoms. The number of rotatable bonds is 8. The Morgan fingerprint density at radius 3 is 1.97 bits per heavy atom. The Morgan fingerprint density at radius 1 is 0.842 bits per heavy atom. The summed E-state index contributed by atoms with van der Waals surface area (Å²) in [5, 5.41) is 32.8. The normalized spacial score (nSPS) is 19.4. The Balaban J connectivity index is 1.43. The number of hydrogen-bond acceptors (Lipinski definition) is 7. The maximum atomic E-state index is 12.9. The second kappa shape index (κ2) is 11.9. The van der Waals surface area contributed by atoms with Crippen LogP contribution in [0, 0.1) is 11.8 Å². The van der Waals surface area contributed by atoms with Gasteiger partial charge < -0.3 is 31.5 Å². The van der Waals surface area contributed by atoms with E-state index in [0.717, 1.165) is 0 Å². The molecule has 0 bridgehead atoms. The molecule has 2 heterocycles. The lowest BCUT2D eigenvalue weighted by Crippen LogP contribution is -2.43. The molecule has 4 rings (SSSR count). The third-order valence-electron chi connectivity index (χ3n) is 7.15. The van der Waals surface area contributed by atoms with Crippen molar-refractivity contribution in [1.29, 1.82) is 0 Å². The largest absolute Gasteiger partial charge is 0.504 e. The zero-order valence-corrected chi connectivity index (χ0v) is 21.0. The summed E-state index contributed by atoms with van der Waals surface area (Å²) in [7, 11) is 0. The molecule has 11 nitrogen and oxygen atoms in total. The molecule has 2 aromatic rings. The van der Waals surface area contributed by atoms with Crippen molar-refractivity contribution in [3.05, 3.63) is 45.6 Å². The Kier molecular flexibility index (Phi) is 8.45. The summed E-state index contributed by atoms with van der Waals surface area (Å²) in [6, 6.07) is 6.04. The number of piperidine rings is 2. The molecule has 2 aromatic carbocycles. The Labute approximate surface area is 219 Å². The number of fused-ring (bicyclic) bond motifs is 1. The van der Waals surface area contributed by atoms with Crippen LogP contribution in [-0.4, -0.2) is 60.0 Å². The molecule has 2 aliphatic rings. The minimum atomic E-state index is -0.368. The summed E-state index contributed by atoms with van der Waals surface area (Å²) in [4.78, 5) is 60.3. The van der Waals surface area contributed by atoms with Gasteiger partial charge in [-0.2, -0.15) is 0 Å². The SMILES string of the molecule is O=C1CCC(C(=O)NCCc2ccc3c(CCNC(=O)C4CCC(=O)NC4)c(O)c(O)cc3cc2=O)CN1. The van der Waals surface area contributed by atoms with E-state index in [-0.39, 0.29) is 84.9 Å². The average Bonchev–Trinajstić information content (AvgIpc) is 3.05. The van der Waals surface area contributed by atoms with Crippen LogP contribution in [0.1, 0.15) is 36.8 Å². The van der Waals surface area contributed by atoms with E-state index in [4.69, 9.17) is 0 Å². The van der Waals surface area contributed by atoms with Crippen molar-refractivity contribution in [1.82, 2.24) is 21.3 Å². The smallest absolute Gasteiger partial charge is 0.224 e. The van der Waals surface area contributed by atoms with Crippen LogP contribution < -0.4 is 26.7 Å². The lowest BCUT2D eigenvalue weighted by atomic mass is 9.98. The highest BCUT2D eigenvalue weighted by Gasteiger charge is 2.25. The third-order valence-corrected chi connectivity index (χ3v) is 7.15. The fraction of sp³-hybridized carbons (Fsp3) is 0.444. The maximum Gasteiger partial charge on any atom is 0.224 e. The number of aromatic hydroxyl groups is 2. The number of phenols is 2. The number of carbonyl (C=O) groups is 4. The lowest BCUT2D eigenvalue weighted by Gasteiger charge is -2.21. The van der Waals surface area contributed by atoms with Crippen LogP contribution in [0.25, 0.3) is 10.8 Å². The van der Waals surface area contributed by atoms with Gasteiger partial charge in [0.1, 0.15) is 0 Å². The Hall–Kier alpha value is -4.15. The van der Waals surface area contributed by atoms with E-state index < -0.39 is 0 Å². The monoisotopic (exact) mass is 524 g/mol. The summed E-state index contributed by atoms with van der Waals surface area (Å²) in [5.41, 5.74) is 0.574. The molecule has 0 spiro atoms. The lowest BCUT2D eigenvalue weighted by molar-refractivity contribution is -0.130. The van der Waals surface area contributed by atoms with Crippen LogP contribution >= 0.6 is 0 Å². The summed E-state index contributed by atoms with van der Waals surface area (Å²) >= 11 is 0. The second-order valence-electron chi connectivity index (χ2n) is 9.75. The van der Waals surface area contributed by atoms with Gasteiger partial charge in [0.15, 0.2) is 16.9 Å². The van der Waals surface area contributed by atoms with Crippen LogP contribution in [0.4, 0.5) is 0 Å². The molecular weight excluding hydrogens is 492 g/mol. The van der Waals surface area contributed by atoms with E-state index >= 15 is 0 Å². The minimum absolute atomic E-state index is 0.0630. The fourth-order valence-corrected chi connectivity index (χ4v) is 4.86. The van der Waals surface area contributed by atoms with Gasteiger partial charge in [0.2, 0.25) is 23.6 Å². The van der Waals surface area contributed by atoms with Gasteiger partial charge >= 0.3 is 0 Å². The van der Waals surface area contributed by atoms with Crippen LogP contribution in [0.15, 0.2) is 29.1 Å². The number of phenolic OH excluding ortho intramolecular Hbond substituents is 2. The van der Waals surface area contributed by atoms with Crippen molar-refractivity contribution < 1.29 is 29.4 Å². The van der Waals surface area contributed by atoms with E-state index in [2.05, 4.69) is 21.3 Å². The second-order valence-corrected chi connectivity index (χ2v) is 9.75. The topological polar surface area (TPSA) is 174 Å². The average molecular weight is 525 g/mol. The first-order valence-electron chi connectivity index (χ1n) is 12.8. The van der Waals surface area contributed by atoms with Gasteiger partial charge in [0.25, 0.3) is 0 Å². The molecule has 38 heavy (non-hydrogen) atoms. The summed E-state index contributed by atoms with van der Waals surface area (Å²) in [5.74, 6) is -1.79. The summed E-state index contributed by atoms with van der Waals surface area (Å²) in [6.45, 7) is 1.03. The number of benzene rings is 1. The molecule has 0 aromatic heterocycles. The zero-order chi connectivity index (χ0) is 27.2. The molecule has 6 N–H and O–H groups in total. The minimum Gasteiger partial charge on any atom is -0.504 e. The van der Waals surface area contributed by atoms with Crippen LogP contribution in [0.5, 0.6) is 11.5 Å². The molecule has 0 saturated carbocycles. The van der Waals surface area contributed by atoms with Crippen molar-refractivity contribution in [2.75, 3.05) is 26.2 Å². The zero-order valence-electron chi connectivity index (χ0n) is 21.0. The van der Waals surface area contributed by atoms with Crippen molar-refractivity contribution in [2.45, 2.75) is 38.5 Å².